The van der Waals surface area contributed by atoms with Crippen LogP contribution in [0.2, 0.25) is 0 Å². The van der Waals surface area contributed by atoms with Crippen LogP contribution < -0.4 is 0 Å². The van der Waals surface area contributed by atoms with Gasteiger partial charge in [0.1, 0.15) is 0 Å². The summed E-state index contributed by atoms with van der Waals surface area (Å²) in [6.07, 6.45) is 3.53. The Kier molecular flexibility index (Phi) is 3.19. The molecule has 1 aliphatic heterocycles. The molecule has 1 aromatic rings. The molecule has 17 heavy (non-hydrogen) atoms. The molecule has 5 heteroatoms. The summed E-state index contributed by atoms with van der Waals surface area (Å²) in [5.41, 5.74) is 0.778. The van der Waals surface area contributed by atoms with Crippen LogP contribution in [-0.2, 0) is 4.79 Å². The van der Waals surface area contributed by atoms with E-state index in [2.05, 4.69) is 23.8 Å². The number of aromatic nitrogens is 2. The highest BCUT2D eigenvalue weighted by atomic mass is 16.4. The van der Waals surface area contributed by atoms with E-state index >= 15 is 0 Å². The van der Waals surface area contributed by atoms with Crippen molar-refractivity contribution in [3.8, 4) is 0 Å². The minimum atomic E-state index is -0.804. The van der Waals surface area contributed by atoms with Gasteiger partial charge >= 0.3 is 5.97 Å². The molecule has 0 spiro atoms. The molecule has 1 saturated heterocycles. The van der Waals surface area contributed by atoms with Gasteiger partial charge in [-0.05, 0) is 20.8 Å². The largest absolute Gasteiger partial charge is 0.481 e. The minimum absolute atomic E-state index is 0.396. The van der Waals surface area contributed by atoms with Gasteiger partial charge in [-0.15, -0.1) is 0 Å². The third-order valence-electron chi connectivity index (χ3n) is 3.49. The average molecular weight is 237 g/mol. The number of likely N-dealkylation sites (tertiary alicyclic amines) is 1. The van der Waals surface area contributed by atoms with Gasteiger partial charge in [-0.3, -0.25) is 14.4 Å². The Balaban J connectivity index is 1.98. The van der Waals surface area contributed by atoms with Gasteiger partial charge < -0.3 is 5.11 Å². The molecule has 1 fully saturated rings. The molecule has 1 atom stereocenters. The average Bonchev–Trinajstić information content (AvgIpc) is 2.62. The second kappa shape index (κ2) is 4.49. The number of carbonyl (C=O) groups is 1. The van der Waals surface area contributed by atoms with E-state index in [9.17, 15) is 4.79 Å². The van der Waals surface area contributed by atoms with Gasteiger partial charge in [-0.2, -0.15) is 5.10 Å². The second-order valence-electron chi connectivity index (χ2n) is 5.02. The predicted molar refractivity (Wildman–Crippen MR) is 64.0 cm³/mol. The molecule has 1 unspecified atom stereocenters. The summed E-state index contributed by atoms with van der Waals surface area (Å²) in [5, 5.41) is 13.2. The monoisotopic (exact) mass is 237 g/mol. The molecule has 1 aromatic heterocycles. The zero-order chi connectivity index (χ0) is 12.6. The molecule has 0 saturated carbocycles. The van der Waals surface area contributed by atoms with E-state index in [1.165, 1.54) is 0 Å². The van der Waals surface area contributed by atoms with Crippen molar-refractivity contribution < 1.29 is 9.90 Å². The molecule has 94 valence electrons. The van der Waals surface area contributed by atoms with Crippen molar-refractivity contribution >= 4 is 5.97 Å². The zero-order valence-corrected chi connectivity index (χ0v) is 10.5. The quantitative estimate of drug-likeness (QED) is 0.858. The number of nitrogens with zero attached hydrogens (tertiary/aromatic N) is 3. The van der Waals surface area contributed by atoms with Crippen LogP contribution in [0.3, 0.4) is 0 Å². The van der Waals surface area contributed by atoms with Crippen molar-refractivity contribution in [2.24, 2.45) is 0 Å². The van der Waals surface area contributed by atoms with E-state index < -0.39 is 11.9 Å². The normalized spacial score (nSPS) is 19.3. The van der Waals surface area contributed by atoms with Crippen LogP contribution in [0, 0.1) is 0 Å². The number of hydrogen-bond donors (Lipinski definition) is 1. The van der Waals surface area contributed by atoms with Gasteiger partial charge in [0, 0.05) is 30.9 Å². The summed E-state index contributed by atoms with van der Waals surface area (Å²) in [4.78, 5) is 13.2. The summed E-state index contributed by atoms with van der Waals surface area (Å²) in [6.45, 7) is 8.04. The van der Waals surface area contributed by atoms with Crippen LogP contribution in [-0.4, -0.2) is 44.9 Å². The fourth-order valence-electron chi connectivity index (χ4n) is 2.00. The fraction of sp³-hybridized carbons (Fsp3) is 0.667. The van der Waals surface area contributed by atoms with E-state index in [-0.39, 0.29) is 0 Å². The van der Waals surface area contributed by atoms with Crippen LogP contribution in [0.1, 0.15) is 38.3 Å². The lowest BCUT2D eigenvalue weighted by Gasteiger charge is -2.41. The molecule has 2 heterocycles. The van der Waals surface area contributed by atoms with Gasteiger partial charge in [0.25, 0.3) is 0 Å². The van der Waals surface area contributed by atoms with E-state index in [4.69, 9.17) is 5.11 Å². The number of rotatable bonds is 4. The smallest absolute Gasteiger partial charge is 0.310 e. The maximum absolute atomic E-state index is 10.9. The molecule has 0 aliphatic carbocycles. The number of hydrogen-bond acceptors (Lipinski definition) is 3. The summed E-state index contributed by atoms with van der Waals surface area (Å²) < 4.78 is 1.90. The second-order valence-corrected chi connectivity index (χ2v) is 5.02. The molecule has 0 bridgehead atoms. The third kappa shape index (κ3) is 2.34. The van der Waals surface area contributed by atoms with Crippen molar-refractivity contribution in [3.63, 3.8) is 0 Å². The predicted octanol–water partition coefficient (Wildman–Crippen LogP) is 1.34. The van der Waals surface area contributed by atoms with Crippen LogP contribution in [0.15, 0.2) is 12.4 Å². The molecule has 0 aromatic carbocycles. The van der Waals surface area contributed by atoms with Gasteiger partial charge in [-0.25, -0.2) is 0 Å². The summed E-state index contributed by atoms with van der Waals surface area (Å²) in [6, 6.07) is 0.964. The Bertz CT molecular complexity index is 408. The fourth-order valence-corrected chi connectivity index (χ4v) is 2.00. The lowest BCUT2D eigenvalue weighted by atomic mass is 10.1. The summed E-state index contributed by atoms with van der Waals surface area (Å²) >= 11 is 0. The Morgan fingerprint density at radius 1 is 1.47 bits per heavy atom. The molecular formula is C12H19N3O2. The first kappa shape index (κ1) is 12.1. The first-order valence-corrected chi connectivity index (χ1v) is 6.00. The lowest BCUT2D eigenvalue weighted by molar-refractivity contribution is -0.138. The van der Waals surface area contributed by atoms with E-state index in [0.29, 0.717) is 12.1 Å². The Hall–Kier alpha value is -1.36. The van der Waals surface area contributed by atoms with Gasteiger partial charge in [0.05, 0.1) is 18.2 Å². The Morgan fingerprint density at radius 3 is 2.65 bits per heavy atom. The van der Waals surface area contributed by atoms with Crippen molar-refractivity contribution in [3.05, 3.63) is 18.0 Å². The van der Waals surface area contributed by atoms with Crippen LogP contribution >= 0.6 is 0 Å². The van der Waals surface area contributed by atoms with Crippen molar-refractivity contribution in [2.45, 2.75) is 38.8 Å². The molecule has 0 amide bonds. The molecule has 2 rings (SSSR count). The third-order valence-corrected chi connectivity index (χ3v) is 3.49. The first-order chi connectivity index (χ1) is 7.99. The van der Waals surface area contributed by atoms with E-state index in [1.807, 2.05) is 10.9 Å². The van der Waals surface area contributed by atoms with E-state index in [1.54, 1.807) is 13.1 Å². The topological polar surface area (TPSA) is 58.4 Å². The minimum Gasteiger partial charge on any atom is -0.481 e. The van der Waals surface area contributed by atoms with Crippen molar-refractivity contribution in [1.82, 2.24) is 14.7 Å². The molecule has 0 radical (unpaired) electrons. The maximum Gasteiger partial charge on any atom is 0.310 e. The van der Waals surface area contributed by atoms with Crippen LogP contribution in [0.4, 0.5) is 0 Å². The summed E-state index contributed by atoms with van der Waals surface area (Å²) in [7, 11) is 0. The van der Waals surface area contributed by atoms with Crippen LogP contribution in [0.5, 0.6) is 0 Å². The highest BCUT2D eigenvalue weighted by molar-refractivity contribution is 5.75. The number of aliphatic carboxylic acids is 1. The Labute approximate surface area is 101 Å². The van der Waals surface area contributed by atoms with Crippen molar-refractivity contribution in [1.29, 1.82) is 0 Å². The first-order valence-electron chi connectivity index (χ1n) is 6.00. The highest BCUT2D eigenvalue weighted by Gasteiger charge is 2.30. The van der Waals surface area contributed by atoms with Gasteiger partial charge in [0.15, 0.2) is 0 Å². The maximum atomic E-state index is 10.9. The van der Waals surface area contributed by atoms with Gasteiger partial charge in [-0.1, -0.05) is 0 Å². The lowest BCUT2D eigenvalue weighted by Crippen LogP contribution is -2.50. The zero-order valence-electron chi connectivity index (χ0n) is 10.5. The summed E-state index contributed by atoms with van der Waals surface area (Å²) in [5.74, 6) is -1.29. The van der Waals surface area contributed by atoms with Crippen LogP contribution in [0.25, 0.3) is 0 Å². The van der Waals surface area contributed by atoms with E-state index in [0.717, 1.165) is 18.7 Å². The Morgan fingerprint density at radius 2 is 2.12 bits per heavy atom. The standard InChI is InChI=1S/C12H19N3O2/c1-8(2)14-6-11(7-14)15-5-10(4-13-15)9(3)12(16)17/h4-5,8-9,11H,6-7H2,1-3H3,(H,16,17). The molecule has 5 nitrogen and oxygen atoms in total. The number of carboxylic acid groups (broad SMARTS) is 1. The molecular weight excluding hydrogens is 218 g/mol. The van der Waals surface area contributed by atoms with Crippen molar-refractivity contribution in [2.75, 3.05) is 13.1 Å². The number of carboxylic acids is 1. The SMILES string of the molecule is CC(C(=O)O)c1cnn(C2CN(C(C)C)C2)c1. The molecule has 1 N–H and O–H groups in total. The highest BCUT2D eigenvalue weighted by Crippen LogP contribution is 2.24. The van der Waals surface area contributed by atoms with Gasteiger partial charge in [0.2, 0.25) is 0 Å². The molecule has 1 aliphatic rings.